The van der Waals surface area contributed by atoms with Gasteiger partial charge in [-0.25, -0.2) is 8.78 Å². The molecule has 0 saturated heterocycles. The summed E-state index contributed by atoms with van der Waals surface area (Å²) in [7, 11) is 0. The molecule has 0 heterocycles. The van der Waals surface area contributed by atoms with E-state index in [-0.39, 0.29) is 5.56 Å². The molecule has 0 bridgehead atoms. The van der Waals surface area contributed by atoms with E-state index in [0.29, 0.717) is 6.54 Å². The lowest BCUT2D eigenvalue weighted by molar-refractivity contribution is 0.0951. The Morgan fingerprint density at radius 2 is 1.80 bits per heavy atom. The highest BCUT2D eigenvalue weighted by Gasteiger charge is 2.12. The minimum atomic E-state index is -0.918. The fourth-order valence-corrected chi connectivity index (χ4v) is 1.86. The number of carbonyl (C=O) groups excluding carboxylic acids is 1. The van der Waals surface area contributed by atoms with Crippen LogP contribution < -0.4 is 11.1 Å². The summed E-state index contributed by atoms with van der Waals surface area (Å²) >= 11 is 0. The Hall–Kier alpha value is -1.69. The molecule has 0 saturated carbocycles. The van der Waals surface area contributed by atoms with Gasteiger partial charge >= 0.3 is 0 Å². The molecular formula is C14H21F2N3O. The van der Waals surface area contributed by atoms with E-state index in [2.05, 4.69) is 24.1 Å². The van der Waals surface area contributed by atoms with Crippen molar-refractivity contribution in [2.24, 2.45) is 0 Å². The van der Waals surface area contributed by atoms with Crippen LogP contribution in [-0.4, -0.2) is 37.0 Å². The van der Waals surface area contributed by atoms with Crippen LogP contribution in [0.3, 0.4) is 0 Å². The molecule has 1 aromatic carbocycles. The predicted molar refractivity (Wildman–Crippen MR) is 75.5 cm³/mol. The van der Waals surface area contributed by atoms with E-state index >= 15 is 0 Å². The largest absolute Gasteiger partial charge is 0.394 e. The molecule has 0 aliphatic rings. The smallest absolute Gasteiger partial charge is 0.251 e. The summed E-state index contributed by atoms with van der Waals surface area (Å²) in [5.74, 6) is -2.33. The summed E-state index contributed by atoms with van der Waals surface area (Å²) in [5.41, 5.74) is 4.52. The number of nitrogen functional groups attached to an aromatic ring is 1. The number of hydrogen-bond acceptors (Lipinski definition) is 3. The lowest BCUT2D eigenvalue weighted by Crippen LogP contribution is -2.30. The van der Waals surface area contributed by atoms with E-state index < -0.39 is 23.2 Å². The summed E-state index contributed by atoms with van der Waals surface area (Å²) in [6, 6.07) is 1.89. The first-order valence-electron chi connectivity index (χ1n) is 6.74. The number of nitrogens with two attached hydrogens (primary N) is 1. The minimum Gasteiger partial charge on any atom is -0.394 e. The second-order valence-electron chi connectivity index (χ2n) is 4.49. The number of amides is 1. The van der Waals surface area contributed by atoms with Gasteiger partial charge in [0, 0.05) is 12.1 Å². The van der Waals surface area contributed by atoms with Gasteiger partial charge in [0.1, 0.15) is 17.3 Å². The molecule has 1 amide bonds. The number of rotatable bonds is 7. The topological polar surface area (TPSA) is 58.4 Å². The quantitative estimate of drug-likeness (QED) is 0.595. The van der Waals surface area contributed by atoms with E-state index in [1.165, 1.54) is 0 Å². The van der Waals surface area contributed by atoms with Gasteiger partial charge in [0.25, 0.3) is 5.91 Å². The Morgan fingerprint density at radius 1 is 1.25 bits per heavy atom. The number of carbonyl (C=O) groups is 1. The summed E-state index contributed by atoms with van der Waals surface area (Å²) < 4.78 is 26.5. The first-order valence-corrected chi connectivity index (χ1v) is 6.74. The van der Waals surface area contributed by atoms with Crippen LogP contribution in [-0.2, 0) is 0 Å². The summed E-state index contributed by atoms with van der Waals surface area (Å²) in [6.07, 6.45) is 0.785. The van der Waals surface area contributed by atoms with Gasteiger partial charge in [-0.3, -0.25) is 4.79 Å². The maximum absolute atomic E-state index is 13.2. The summed E-state index contributed by atoms with van der Waals surface area (Å²) in [6.45, 7) is 7.39. The van der Waals surface area contributed by atoms with Gasteiger partial charge in [-0.1, -0.05) is 13.8 Å². The predicted octanol–water partition coefficient (Wildman–Crippen LogP) is 2.01. The molecule has 1 rings (SSSR count). The lowest BCUT2D eigenvalue weighted by atomic mass is 10.1. The number of nitrogens with one attached hydrogen (secondary N) is 1. The minimum absolute atomic E-state index is 0.0583. The van der Waals surface area contributed by atoms with Crippen LogP contribution in [0.2, 0.25) is 0 Å². The van der Waals surface area contributed by atoms with E-state index in [4.69, 9.17) is 5.73 Å². The average Bonchev–Trinajstić information content (AvgIpc) is 2.44. The second kappa shape index (κ2) is 7.79. The zero-order valence-corrected chi connectivity index (χ0v) is 11.9. The van der Waals surface area contributed by atoms with Gasteiger partial charge < -0.3 is 16.0 Å². The Kier molecular flexibility index (Phi) is 6.38. The summed E-state index contributed by atoms with van der Waals surface area (Å²) in [4.78, 5) is 14.0. The Labute approximate surface area is 117 Å². The van der Waals surface area contributed by atoms with Crippen molar-refractivity contribution in [2.45, 2.75) is 20.3 Å². The van der Waals surface area contributed by atoms with Crippen molar-refractivity contribution in [1.29, 1.82) is 0 Å². The van der Waals surface area contributed by atoms with Crippen LogP contribution in [0.15, 0.2) is 12.1 Å². The first-order chi connectivity index (χ1) is 9.49. The van der Waals surface area contributed by atoms with Gasteiger partial charge in [0.2, 0.25) is 0 Å². The van der Waals surface area contributed by atoms with Crippen molar-refractivity contribution in [3.63, 3.8) is 0 Å². The maximum Gasteiger partial charge on any atom is 0.251 e. The zero-order chi connectivity index (χ0) is 15.1. The molecule has 0 aliphatic heterocycles. The second-order valence-corrected chi connectivity index (χ2v) is 4.49. The van der Waals surface area contributed by atoms with Crippen molar-refractivity contribution in [3.8, 4) is 0 Å². The molecule has 4 nitrogen and oxygen atoms in total. The van der Waals surface area contributed by atoms with Gasteiger partial charge in [0.15, 0.2) is 0 Å². The highest BCUT2D eigenvalue weighted by atomic mass is 19.1. The standard InChI is InChI=1S/C14H21F2N3O/c1-3-19(4-2)7-5-6-18-14(20)10-8-11(15)13(17)12(16)9-10/h8-9H,3-7,17H2,1-2H3,(H,18,20). The molecule has 0 aromatic heterocycles. The number of benzene rings is 1. The number of hydrogen-bond donors (Lipinski definition) is 2. The highest BCUT2D eigenvalue weighted by molar-refractivity contribution is 5.94. The van der Waals surface area contributed by atoms with Crippen molar-refractivity contribution < 1.29 is 13.6 Å². The first kappa shape index (κ1) is 16.4. The van der Waals surface area contributed by atoms with Gasteiger partial charge in [-0.15, -0.1) is 0 Å². The van der Waals surface area contributed by atoms with Crippen LogP contribution in [0.4, 0.5) is 14.5 Å². The van der Waals surface area contributed by atoms with Crippen molar-refractivity contribution >= 4 is 11.6 Å². The molecule has 1 aromatic rings. The molecular weight excluding hydrogens is 264 g/mol. The fourth-order valence-electron chi connectivity index (χ4n) is 1.86. The van der Waals surface area contributed by atoms with Crippen molar-refractivity contribution in [3.05, 3.63) is 29.3 Å². The molecule has 0 unspecified atom stereocenters. The van der Waals surface area contributed by atoms with Crippen LogP contribution >= 0.6 is 0 Å². The molecule has 0 spiro atoms. The van der Waals surface area contributed by atoms with E-state index in [1.807, 2.05) is 0 Å². The van der Waals surface area contributed by atoms with Crippen LogP contribution in [0.1, 0.15) is 30.6 Å². The van der Waals surface area contributed by atoms with Crippen molar-refractivity contribution in [1.82, 2.24) is 10.2 Å². The van der Waals surface area contributed by atoms with E-state index in [0.717, 1.165) is 38.2 Å². The van der Waals surface area contributed by atoms with E-state index in [9.17, 15) is 13.6 Å². The number of halogens is 2. The van der Waals surface area contributed by atoms with Crippen LogP contribution in [0.5, 0.6) is 0 Å². The fraction of sp³-hybridized carbons (Fsp3) is 0.500. The van der Waals surface area contributed by atoms with E-state index in [1.54, 1.807) is 0 Å². The van der Waals surface area contributed by atoms with Gasteiger partial charge in [-0.2, -0.15) is 0 Å². The molecule has 112 valence electrons. The zero-order valence-electron chi connectivity index (χ0n) is 11.9. The molecule has 0 atom stereocenters. The monoisotopic (exact) mass is 285 g/mol. The molecule has 3 N–H and O–H groups in total. The Bertz CT molecular complexity index is 439. The van der Waals surface area contributed by atoms with Gasteiger partial charge in [0.05, 0.1) is 0 Å². The third-order valence-corrected chi connectivity index (χ3v) is 3.17. The third-order valence-electron chi connectivity index (χ3n) is 3.17. The SMILES string of the molecule is CCN(CC)CCCNC(=O)c1cc(F)c(N)c(F)c1. The lowest BCUT2D eigenvalue weighted by Gasteiger charge is -2.17. The number of anilines is 1. The molecule has 20 heavy (non-hydrogen) atoms. The average molecular weight is 285 g/mol. The Morgan fingerprint density at radius 3 is 2.30 bits per heavy atom. The third kappa shape index (κ3) is 4.45. The Balaban J connectivity index is 2.47. The van der Waals surface area contributed by atoms with Crippen molar-refractivity contribution in [2.75, 3.05) is 31.9 Å². The normalized spacial score (nSPS) is 10.8. The van der Waals surface area contributed by atoms with Gasteiger partial charge in [-0.05, 0) is 38.2 Å². The molecule has 0 fully saturated rings. The molecule has 0 aliphatic carbocycles. The molecule has 6 heteroatoms. The van der Waals surface area contributed by atoms with Crippen LogP contribution in [0, 0.1) is 11.6 Å². The highest BCUT2D eigenvalue weighted by Crippen LogP contribution is 2.17. The maximum atomic E-state index is 13.2. The number of nitrogens with zero attached hydrogens (tertiary/aromatic N) is 1. The molecule has 0 radical (unpaired) electrons. The summed E-state index contributed by atoms with van der Waals surface area (Å²) in [5, 5.41) is 2.64. The van der Waals surface area contributed by atoms with Crippen LogP contribution in [0.25, 0.3) is 0 Å².